The Labute approximate surface area is 109 Å². The van der Waals surface area contributed by atoms with Crippen molar-refractivity contribution in [2.24, 2.45) is 0 Å². The summed E-state index contributed by atoms with van der Waals surface area (Å²) in [7, 11) is 0. The van der Waals surface area contributed by atoms with Gasteiger partial charge in [0.1, 0.15) is 4.88 Å². The standard InChI is InChI=1S/C13H13N3OS/c1-8-15-7-11(18-8)13(17)16-6-5-9-3-2-4-10(14)12(9)16/h2-4,7H,5-6,14H2,1H3. The highest BCUT2D eigenvalue weighted by Crippen LogP contribution is 2.35. The first-order valence-electron chi connectivity index (χ1n) is 5.78. The normalized spacial score (nSPS) is 13.7. The summed E-state index contributed by atoms with van der Waals surface area (Å²) < 4.78 is 0. The van der Waals surface area contributed by atoms with Crippen LogP contribution in [0.3, 0.4) is 0 Å². The first kappa shape index (κ1) is 11.2. The molecule has 0 bridgehead atoms. The van der Waals surface area contributed by atoms with E-state index in [-0.39, 0.29) is 5.91 Å². The third-order valence-electron chi connectivity index (χ3n) is 3.10. The summed E-state index contributed by atoms with van der Waals surface area (Å²) in [6.45, 7) is 2.59. The first-order chi connectivity index (χ1) is 8.66. The Hall–Kier alpha value is -1.88. The van der Waals surface area contributed by atoms with E-state index in [0.717, 1.165) is 22.7 Å². The number of aryl methyl sites for hydroxylation is 1. The largest absolute Gasteiger partial charge is 0.397 e. The Balaban J connectivity index is 2.00. The summed E-state index contributed by atoms with van der Waals surface area (Å²) in [5, 5.41) is 0.902. The van der Waals surface area contributed by atoms with E-state index in [4.69, 9.17) is 5.73 Å². The second-order valence-electron chi connectivity index (χ2n) is 4.31. The van der Waals surface area contributed by atoms with E-state index in [1.165, 1.54) is 11.3 Å². The maximum absolute atomic E-state index is 12.4. The zero-order chi connectivity index (χ0) is 12.7. The van der Waals surface area contributed by atoms with Crippen molar-refractivity contribution in [3.63, 3.8) is 0 Å². The number of rotatable bonds is 1. The molecule has 0 fully saturated rings. The van der Waals surface area contributed by atoms with Crippen molar-refractivity contribution >= 4 is 28.6 Å². The number of nitrogens with two attached hydrogens (primary N) is 1. The molecule has 3 rings (SSSR count). The number of thiazole rings is 1. The van der Waals surface area contributed by atoms with Crippen molar-refractivity contribution in [1.29, 1.82) is 0 Å². The van der Waals surface area contributed by atoms with Crippen LogP contribution < -0.4 is 10.6 Å². The van der Waals surface area contributed by atoms with Crippen LogP contribution in [0.2, 0.25) is 0 Å². The van der Waals surface area contributed by atoms with E-state index in [1.807, 2.05) is 25.1 Å². The number of amides is 1. The van der Waals surface area contributed by atoms with Crippen LogP contribution in [0.5, 0.6) is 0 Å². The molecule has 0 aliphatic carbocycles. The van der Waals surface area contributed by atoms with Gasteiger partial charge in [0.15, 0.2) is 0 Å². The van der Waals surface area contributed by atoms with Crippen LogP contribution in [0.25, 0.3) is 0 Å². The Morgan fingerprint density at radius 3 is 3.06 bits per heavy atom. The molecule has 0 saturated carbocycles. The number of hydrogen-bond acceptors (Lipinski definition) is 4. The topological polar surface area (TPSA) is 59.2 Å². The molecular weight excluding hydrogens is 246 g/mol. The number of aromatic nitrogens is 1. The Kier molecular flexibility index (Phi) is 2.56. The minimum absolute atomic E-state index is 0.00255. The molecule has 5 heteroatoms. The molecule has 18 heavy (non-hydrogen) atoms. The van der Waals surface area contributed by atoms with Crippen molar-refractivity contribution in [3.05, 3.63) is 39.8 Å². The van der Waals surface area contributed by atoms with Gasteiger partial charge in [0.25, 0.3) is 5.91 Å². The third-order valence-corrected chi connectivity index (χ3v) is 4.00. The molecule has 0 atom stereocenters. The lowest BCUT2D eigenvalue weighted by atomic mass is 10.1. The van der Waals surface area contributed by atoms with Gasteiger partial charge >= 0.3 is 0 Å². The van der Waals surface area contributed by atoms with Crippen molar-refractivity contribution in [1.82, 2.24) is 4.98 Å². The van der Waals surface area contributed by atoms with E-state index in [9.17, 15) is 4.79 Å². The quantitative estimate of drug-likeness (QED) is 0.799. The number of nitrogen functional groups attached to an aromatic ring is 1. The summed E-state index contributed by atoms with van der Waals surface area (Å²) in [6.07, 6.45) is 2.50. The molecule has 1 aliphatic rings. The van der Waals surface area contributed by atoms with E-state index in [1.54, 1.807) is 11.1 Å². The van der Waals surface area contributed by atoms with Crippen LogP contribution in [0.1, 0.15) is 20.2 Å². The summed E-state index contributed by atoms with van der Waals surface area (Å²) >= 11 is 1.42. The minimum atomic E-state index is -0.00255. The van der Waals surface area contributed by atoms with Crippen LogP contribution in [0.4, 0.5) is 11.4 Å². The molecule has 1 amide bonds. The number of anilines is 2. The van der Waals surface area contributed by atoms with Crippen LogP contribution in [0.15, 0.2) is 24.4 Å². The number of benzene rings is 1. The summed E-state index contributed by atoms with van der Waals surface area (Å²) in [5.41, 5.74) is 8.66. The highest BCUT2D eigenvalue weighted by Gasteiger charge is 2.28. The summed E-state index contributed by atoms with van der Waals surface area (Å²) in [4.78, 5) is 19.0. The lowest BCUT2D eigenvalue weighted by Gasteiger charge is -2.17. The van der Waals surface area contributed by atoms with Gasteiger partial charge in [-0.05, 0) is 25.0 Å². The van der Waals surface area contributed by atoms with Gasteiger partial charge in [0.05, 0.1) is 22.6 Å². The third kappa shape index (κ3) is 1.67. The molecule has 0 saturated heterocycles. The van der Waals surface area contributed by atoms with Gasteiger partial charge in [-0.1, -0.05) is 12.1 Å². The maximum atomic E-state index is 12.4. The predicted octanol–water partition coefficient (Wildman–Crippen LogP) is 2.24. The lowest BCUT2D eigenvalue weighted by Crippen LogP contribution is -2.28. The average Bonchev–Trinajstić information content (AvgIpc) is 2.95. The molecule has 2 heterocycles. The number of carbonyl (C=O) groups is 1. The second-order valence-corrected chi connectivity index (χ2v) is 5.54. The Bertz CT molecular complexity index is 620. The maximum Gasteiger partial charge on any atom is 0.270 e. The van der Waals surface area contributed by atoms with E-state index in [2.05, 4.69) is 4.98 Å². The molecule has 2 N–H and O–H groups in total. The molecule has 1 aromatic heterocycles. The number of nitrogens with zero attached hydrogens (tertiary/aromatic N) is 2. The molecule has 0 radical (unpaired) electrons. The molecule has 1 aliphatic heterocycles. The summed E-state index contributed by atoms with van der Waals surface area (Å²) in [6, 6.07) is 5.79. The van der Waals surface area contributed by atoms with Crippen molar-refractivity contribution in [2.45, 2.75) is 13.3 Å². The van der Waals surface area contributed by atoms with Crippen LogP contribution >= 0.6 is 11.3 Å². The molecule has 1 aromatic carbocycles. The van der Waals surface area contributed by atoms with Crippen LogP contribution in [0, 0.1) is 6.92 Å². The summed E-state index contributed by atoms with van der Waals surface area (Å²) in [5.74, 6) is -0.00255. The van der Waals surface area contributed by atoms with Gasteiger partial charge < -0.3 is 10.6 Å². The van der Waals surface area contributed by atoms with Gasteiger partial charge in [-0.25, -0.2) is 4.98 Å². The Morgan fingerprint density at radius 2 is 2.33 bits per heavy atom. The zero-order valence-corrected chi connectivity index (χ0v) is 10.8. The van der Waals surface area contributed by atoms with Crippen LogP contribution in [-0.2, 0) is 6.42 Å². The predicted molar refractivity (Wildman–Crippen MR) is 73.1 cm³/mol. The molecule has 0 unspecified atom stereocenters. The van der Waals surface area contributed by atoms with Gasteiger partial charge in [-0.3, -0.25) is 4.79 Å². The van der Waals surface area contributed by atoms with E-state index < -0.39 is 0 Å². The fraction of sp³-hybridized carbons (Fsp3) is 0.231. The molecule has 2 aromatic rings. The number of hydrogen-bond donors (Lipinski definition) is 1. The van der Waals surface area contributed by atoms with E-state index in [0.29, 0.717) is 17.1 Å². The van der Waals surface area contributed by atoms with E-state index >= 15 is 0 Å². The molecule has 92 valence electrons. The smallest absolute Gasteiger partial charge is 0.270 e. The van der Waals surface area contributed by atoms with Crippen molar-refractivity contribution in [3.8, 4) is 0 Å². The number of para-hydroxylation sites is 1. The fourth-order valence-electron chi connectivity index (χ4n) is 2.28. The second kappa shape index (κ2) is 4.10. The molecule has 4 nitrogen and oxygen atoms in total. The number of carbonyl (C=O) groups excluding carboxylic acids is 1. The monoisotopic (exact) mass is 259 g/mol. The minimum Gasteiger partial charge on any atom is -0.397 e. The van der Waals surface area contributed by atoms with Crippen molar-refractivity contribution < 1.29 is 4.79 Å². The Morgan fingerprint density at radius 1 is 1.50 bits per heavy atom. The van der Waals surface area contributed by atoms with Gasteiger partial charge in [-0.15, -0.1) is 11.3 Å². The highest BCUT2D eigenvalue weighted by molar-refractivity contribution is 7.13. The SMILES string of the molecule is Cc1ncc(C(=O)N2CCc3cccc(N)c32)s1. The van der Waals surface area contributed by atoms with Gasteiger partial charge in [-0.2, -0.15) is 0 Å². The van der Waals surface area contributed by atoms with Gasteiger partial charge in [0, 0.05) is 6.54 Å². The average molecular weight is 259 g/mol. The fourth-order valence-corrected chi connectivity index (χ4v) is 3.01. The van der Waals surface area contributed by atoms with Crippen LogP contribution in [-0.4, -0.2) is 17.4 Å². The van der Waals surface area contributed by atoms with Gasteiger partial charge in [0.2, 0.25) is 0 Å². The number of fused-ring (bicyclic) bond motifs is 1. The lowest BCUT2D eigenvalue weighted by molar-refractivity contribution is 0.0993. The molecule has 0 spiro atoms. The highest BCUT2D eigenvalue weighted by atomic mass is 32.1. The zero-order valence-electron chi connectivity index (χ0n) is 10.0. The first-order valence-corrected chi connectivity index (χ1v) is 6.60. The molecular formula is C13H13N3OS. The van der Waals surface area contributed by atoms with Crippen molar-refractivity contribution in [2.75, 3.05) is 17.2 Å².